The van der Waals surface area contributed by atoms with Gasteiger partial charge in [-0.1, -0.05) is 12.1 Å². The minimum absolute atomic E-state index is 0.0839. The Bertz CT molecular complexity index is 528. The number of hydrogen-bond acceptors (Lipinski definition) is 2. The van der Waals surface area contributed by atoms with E-state index in [4.69, 9.17) is 0 Å². The molecule has 0 saturated carbocycles. The maximum absolute atomic E-state index is 12.1. The Morgan fingerprint density at radius 3 is 2.93 bits per heavy atom. The van der Waals surface area contributed by atoms with Crippen LogP contribution in [0.25, 0.3) is 0 Å². The summed E-state index contributed by atoms with van der Waals surface area (Å²) in [4.78, 5) is 12.1. The molecule has 1 N–H and O–H groups in total. The predicted molar refractivity (Wildman–Crippen MR) is 57.9 cm³/mol. The van der Waals surface area contributed by atoms with Gasteiger partial charge in [0.2, 0.25) is 5.78 Å². The SMILES string of the molecule is O=C1c2ccccc2NCn2cccc21. The smallest absolute Gasteiger partial charge is 0.211 e. The number of ketones is 1. The second-order valence-electron chi connectivity index (χ2n) is 3.57. The van der Waals surface area contributed by atoms with E-state index in [0.29, 0.717) is 6.67 Å². The highest BCUT2D eigenvalue weighted by molar-refractivity contribution is 6.11. The number of fused-ring (bicyclic) bond motifs is 2. The molecule has 2 heterocycles. The van der Waals surface area contributed by atoms with Gasteiger partial charge in [0.05, 0.1) is 12.4 Å². The molecule has 1 aliphatic heterocycles. The molecule has 0 amide bonds. The number of carbonyl (C=O) groups is 1. The molecule has 3 nitrogen and oxygen atoms in total. The zero-order valence-electron chi connectivity index (χ0n) is 8.10. The zero-order chi connectivity index (χ0) is 10.3. The third-order valence-electron chi connectivity index (χ3n) is 2.67. The van der Waals surface area contributed by atoms with Crippen LogP contribution in [0.1, 0.15) is 16.1 Å². The second kappa shape index (κ2) is 2.98. The van der Waals surface area contributed by atoms with Crippen molar-refractivity contribution in [1.82, 2.24) is 4.57 Å². The lowest BCUT2D eigenvalue weighted by Crippen LogP contribution is -2.07. The molecule has 1 aromatic carbocycles. The fraction of sp³-hybridized carbons (Fsp3) is 0.0833. The topological polar surface area (TPSA) is 34.0 Å². The van der Waals surface area contributed by atoms with Crippen LogP contribution >= 0.6 is 0 Å². The molecular formula is C12H10N2O. The first-order valence-electron chi connectivity index (χ1n) is 4.89. The van der Waals surface area contributed by atoms with E-state index >= 15 is 0 Å². The van der Waals surface area contributed by atoms with Crippen molar-refractivity contribution in [1.29, 1.82) is 0 Å². The summed E-state index contributed by atoms with van der Waals surface area (Å²) >= 11 is 0. The molecular weight excluding hydrogens is 188 g/mol. The number of hydrogen-bond donors (Lipinski definition) is 1. The Kier molecular flexibility index (Phi) is 1.65. The quantitative estimate of drug-likeness (QED) is 0.703. The van der Waals surface area contributed by atoms with E-state index in [1.807, 2.05) is 47.2 Å². The van der Waals surface area contributed by atoms with Gasteiger partial charge < -0.3 is 9.88 Å². The van der Waals surface area contributed by atoms with Crippen LogP contribution in [0.5, 0.6) is 0 Å². The Balaban J connectivity index is 2.22. The number of anilines is 1. The largest absolute Gasteiger partial charge is 0.367 e. The summed E-state index contributed by atoms with van der Waals surface area (Å²) in [6.07, 6.45) is 1.91. The molecule has 1 aromatic heterocycles. The average molecular weight is 198 g/mol. The van der Waals surface area contributed by atoms with Crippen LogP contribution in [-0.4, -0.2) is 10.4 Å². The molecule has 0 fully saturated rings. The molecule has 0 spiro atoms. The van der Waals surface area contributed by atoms with E-state index < -0.39 is 0 Å². The van der Waals surface area contributed by atoms with Crippen LogP contribution < -0.4 is 5.32 Å². The molecule has 3 heteroatoms. The van der Waals surface area contributed by atoms with Gasteiger partial charge in [-0.25, -0.2) is 0 Å². The fourth-order valence-corrected chi connectivity index (χ4v) is 1.90. The predicted octanol–water partition coefficient (Wildman–Crippen LogP) is 2.10. The molecule has 74 valence electrons. The summed E-state index contributed by atoms with van der Waals surface area (Å²) in [6, 6.07) is 11.3. The molecule has 15 heavy (non-hydrogen) atoms. The van der Waals surface area contributed by atoms with Crippen molar-refractivity contribution in [2.45, 2.75) is 6.67 Å². The van der Waals surface area contributed by atoms with Crippen molar-refractivity contribution < 1.29 is 4.79 Å². The highest BCUT2D eigenvalue weighted by Crippen LogP contribution is 2.22. The summed E-state index contributed by atoms with van der Waals surface area (Å²) in [7, 11) is 0. The van der Waals surface area contributed by atoms with Gasteiger partial charge in [0, 0.05) is 17.4 Å². The number of nitrogens with one attached hydrogen (secondary N) is 1. The van der Waals surface area contributed by atoms with Crippen molar-refractivity contribution >= 4 is 11.5 Å². The van der Waals surface area contributed by atoms with Gasteiger partial charge in [-0.15, -0.1) is 0 Å². The van der Waals surface area contributed by atoms with E-state index in [-0.39, 0.29) is 5.78 Å². The average Bonchev–Trinajstić information content (AvgIpc) is 2.69. The third-order valence-corrected chi connectivity index (χ3v) is 2.67. The number of para-hydroxylation sites is 1. The molecule has 3 rings (SSSR count). The van der Waals surface area contributed by atoms with Gasteiger partial charge in [0.15, 0.2) is 0 Å². The first kappa shape index (κ1) is 8.29. The molecule has 0 saturated heterocycles. The summed E-state index contributed by atoms with van der Waals surface area (Å²) in [5.74, 6) is 0.0839. The number of nitrogens with zero attached hydrogens (tertiary/aromatic N) is 1. The summed E-state index contributed by atoms with van der Waals surface area (Å²) in [5.41, 5.74) is 2.40. The van der Waals surface area contributed by atoms with Crippen molar-refractivity contribution in [2.75, 3.05) is 5.32 Å². The van der Waals surface area contributed by atoms with Crippen LogP contribution in [0.2, 0.25) is 0 Å². The van der Waals surface area contributed by atoms with Gasteiger partial charge >= 0.3 is 0 Å². The number of benzene rings is 1. The molecule has 1 aliphatic rings. The van der Waals surface area contributed by atoms with Gasteiger partial charge in [-0.05, 0) is 24.3 Å². The van der Waals surface area contributed by atoms with E-state index in [1.54, 1.807) is 0 Å². The van der Waals surface area contributed by atoms with Gasteiger partial charge in [0.1, 0.15) is 0 Å². The number of carbonyl (C=O) groups excluding carboxylic acids is 1. The maximum atomic E-state index is 12.1. The highest BCUT2D eigenvalue weighted by Gasteiger charge is 2.19. The third kappa shape index (κ3) is 1.16. The molecule has 2 aromatic rings. The summed E-state index contributed by atoms with van der Waals surface area (Å²) in [5, 5.41) is 3.24. The number of rotatable bonds is 0. The lowest BCUT2D eigenvalue weighted by Gasteiger charge is -2.05. The lowest BCUT2D eigenvalue weighted by atomic mass is 10.1. The Labute approximate surface area is 87.3 Å². The maximum Gasteiger partial charge on any atom is 0.211 e. The van der Waals surface area contributed by atoms with Crippen molar-refractivity contribution in [2.24, 2.45) is 0 Å². The van der Waals surface area contributed by atoms with E-state index in [1.165, 1.54) is 0 Å². The van der Waals surface area contributed by atoms with E-state index in [2.05, 4.69) is 5.32 Å². The second-order valence-corrected chi connectivity index (χ2v) is 3.57. The van der Waals surface area contributed by atoms with E-state index in [9.17, 15) is 4.79 Å². The Hall–Kier alpha value is -2.03. The Morgan fingerprint density at radius 2 is 2.00 bits per heavy atom. The minimum Gasteiger partial charge on any atom is -0.367 e. The van der Waals surface area contributed by atoms with Gasteiger partial charge in [-0.3, -0.25) is 4.79 Å². The monoisotopic (exact) mass is 198 g/mol. The molecule has 0 aliphatic carbocycles. The van der Waals surface area contributed by atoms with Gasteiger partial charge in [0.25, 0.3) is 0 Å². The van der Waals surface area contributed by atoms with Crippen LogP contribution in [-0.2, 0) is 6.67 Å². The zero-order valence-corrected chi connectivity index (χ0v) is 8.10. The lowest BCUT2D eigenvalue weighted by molar-refractivity contribution is 0.103. The molecule has 0 radical (unpaired) electrons. The van der Waals surface area contributed by atoms with Crippen molar-refractivity contribution in [3.63, 3.8) is 0 Å². The molecule has 0 atom stereocenters. The van der Waals surface area contributed by atoms with Gasteiger partial charge in [-0.2, -0.15) is 0 Å². The fourth-order valence-electron chi connectivity index (χ4n) is 1.90. The molecule has 0 bridgehead atoms. The standard InChI is InChI=1S/C12H10N2O/c15-12-9-4-1-2-5-10(9)13-8-14-7-3-6-11(12)14/h1-7,13H,8H2. The first-order valence-corrected chi connectivity index (χ1v) is 4.89. The van der Waals surface area contributed by atoms with Crippen LogP contribution in [0.15, 0.2) is 42.6 Å². The van der Waals surface area contributed by atoms with Crippen molar-refractivity contribution in [3.8, 4) is 0 Å². The van der Waals surface area contributed by atoms with Crippen LogP contribution in [0, 0.1) is 0 Å². The molecule has 0 unspecified atom stereocenters. The number of aromatic nitrogens is 1. The summed E-state index contributed by atoms with van der Waals surface area (Å²) < 4.78 is 1.92. The highest BCUT2D eigenvalue weighted by atomic mass is 16.1. The van der Waals surface area contributed by atoms with Crippen molar-refractivity contribution in [3.05, 3.63) is 53.9 Å². The Morgan fingerprint density at radius 1 is 1.13 bits per heavy atom. The minimum atomic E-state index is 0.0839. The van der Waals surface area contributed by atoms with Crippen LogP contribution in [0.4, 0.5) is 5.69 Å². The summed E-state index contributed by atoms with van der Waals surface area (Å²) in [6.45, 7) is 0.644. The first-order chi connectivity index (χ1) is 7.36. The van der Waals surface area contributed by atoms with E-state index in [0.717, 1.165) is 16.9 Å². The normalized spacial score (nSPS) is 13.7. The van der Waals surface area contributed by atoms with Crippen LogP contribution in [0.3, 0.4) is 0 Å².